The lowest BCUT2D eigenvalue weighted by atomic mass is 9.67. The van der Waals surface area contributed by atoms with Gasteiger partial charge in [-0.15, -0.1) is 0 Å². The molecule has 0 radical (unpaired) electrons. The molecule has 1 atom stereocenters. The van der Waals surface area contributed by atoms with Gasteiger partial charge in [-0.25, -0.2) is 4.79 Å². The molecule has 6 heteroatoms. The number of alkyl halides is 3. The van der Waals surface area contributed by atoms with Crippen molar-refractivity contribution in [2.75, 3.05) is 6.16 Å². The highest BCUT2D eigenvalue weighted by Gasteiger charge is 2.41. The fourth-order valence-electron chi connectivity index (χ4n) is 3.70. The van der Waals surface area contributed by atoms with Crippen molar-refractivity contribution in [3.63, 3.8) is 0 Å². The van der Waals surface area contributed by atoms with Gasteiger partial charge in [0.05, 0.1) is 8.81 Å². The van der Waals surface area contributed by atoms with Crippen molar-refractivity contribution in [3.8, 4) is 0 Å². The predicted molar refractivity (Wildman–Crippen MR) is 114 cm³/mol. The number of halogens is 3. The molecular formula is C24H22F3O2P. The molecule has 0 saturated heterocycles. The number of hydrogen-bond acceptors (Lipinski definition) is 2. The van der Waals surface area contributed by atoms with Crippen LogP contribution >= 0.6 is 8.81 Å². The lowest BCUT2D eigenvalue weighted by Gasteiger charge is -2.36. The molecule has 0 bridgehead atoms. The van der Waals surface area contributed by atoms with E-state index in [1.807, 2.05) is 54.6 Å². The second kappa shape index (κ2) is 9.90. The first-order chi connectivity index (χ1) is 14.4. The van der Waals surface area contributed by atoms with E-state index in [1.165, 1.54) is 0 Å². The van der Waals surface area contributed by atoms with Crippen LogP contribution in [0, 0.1) is 0 Å². The number of benzene rings is 3. The van der Waals surface area contributed by atoms with E-state index in [0.29, 0.717) is 19.0 Å². The third-order valence-electron chi connectivity index (χ3n) is 5.03. The summed E-state index contributed by atoms with van der Waals surface area (Å²) in [7, 11) is -0.525. The Bertz CT molecular complexity index is 832. The topological polar surface area (TPSA) is 26.3 Å². The summed E-state index contributed by atoms with van der Waals surface area (Å²) in [5, 5.41) is 0. The summed E-state index contributed by atoms with van der Waals surface area (Å²) in [6, 6.07) is 30.3. The van der Waals surface area contributed by atoms with Gasteiger partial charge >= 0.3 is 12.1 Å². The minimum absolute atomic E-state index is 0.371. The van der Waals surface area contributed by atoms with Crippen molar-refractivity contribution in [3.05, 3.63) is 108 Å². The Hall–Kier alpha value is -2.65. The Morgan fingerprint density at radius 3 is 1.50 bits per heavy atom. The number of hydrogen-bond donors (Lipinski definition) is 0. The lowest BCUT2D eigenvalue weighted by molar-refractivity contribution is -0.188. The molecule has 0 aliphatic rings. The third kappa shape index (κ3) is 5.09. The largest absolute Gasteiger partial charge is 0.491 e. The molecule has 30 heavy (non-hydrogen) atoms. The van der Waals surface area contributed by atoms with E-state index >= 15 is 0 Å². The van der Waals surface area contributed by atoms with Crippen molar-refractivity contribution in [2.45, 2.75) is 24.4 Å². The molecular weight excluding hydrogens is 408 g/mol. The SMILES string of the molecule is O=C(OPCCCC(c1ccccc1)(c1ccccc1)c1ccccc1)C(F)(F)F. The van der Waals surface area contributed by atoms with Crippen LogP contribution in [0.5, 0.6) is 0 Å². The highest BCUT2D eigenvalue weighted by atomic mass is 31.1. The summed E-state index contributed by atoms with van der Waals surface area (Å²) >= 11 is 0. The molecule has 2 nitrogen and oxygen atoms in total. The lowest BCUT2D eigenvalue weighted by Crippen LogP contribution is -2.29. The molecule has 1 unspecified atom stereocenters. The van der Waals surface area contributed by atoms with Crippen LogP contribution in [0.3, 0.4) is 0 Å². The van der Waals surface area contributed by atoms with Gasteiger partial charge in [0.1, 0.15) is 0 Å². The molecule has 0 fully saturated rings. The van der Waals surface area contributed by atoms with Crippen molar-refractivity contribution >= 4 is 14.8 Å². The van der Waals surface area contributed by atoms with Crippen molar-refractivity contribution in [1.82, 2.24) is 0 Å². The van der Waals surface area contributed by atoms with Gasteiger partial charge in [-0.1, -0.05) is 91.0 Å². The van der Waals surface area contributed by atoms with E-state index < -0.39 is 26.4 Å². The number of carbonyl (C=O) groups excluding carboxylic acids is 1. The smallest absolute Gasteiger partial charge is 0.442 e. The van der Waals surface area contributed by atoms with Gasteiger partial charge in [0.15, 0.2) is 0 Å². The maximum atomic E-state index is 12.3. The molecule has 0 heterocycles. The van der Waals surface area contributed by atoms with E-state index in [0.717, 1.165) is 16.7 Å². The Labute approximate surface area is 176 Å². The maximum absolute atomic E-state index is 12.3. The standard InChI is InChI=1S/C24H22F3O2P/c25-24(26,27)22(28)29-30-18-10-17-23(19-11-4-1-5-12-19,20-13-6-2-7-14-20)21-15-8-3-9-16-21/h1-9,11-16,30H,10,17-18H2. The van der Waals surface area contributed by atoms with E-state index in [-0.39, 0.29) is 0 Å². The van der Waals surface area contributed by atoms with Gasteiger partial charge in [0.2, 0.25) is 0 Å². The molecule has 0 aliphatic heterocycles. The monoisotopic (exact) mass is 430 g/mol. The average molecular weight is 430 g/mol. The zero-order valence-corrected chi connectivity index (χ0v) is 17.2. The fraction of sp³-hybridized carbons (Fsp3) is 0.208. The average Bonchev–Trinajstić information content (AvgIpc) is 2.77. The van der Waals surface area contributed by atoms with Crippen molar-refractivity contribution < 1.29 is 22.5 Å². The number of rotatable bonds is 8. The summed E-state index contributed by atoms with van der Waals surface area (Å²) in [6.07, 6.45) is -3.31. The molecule has 0 amide bonds. The molecule has 156 valence electrons. The van der Waals surface area contributed by atoms with Crippen LogP contribution in [0.2, 0.25) is 0 Å². The number of carbonyl (C=O) groups is 1. The van der Waals surface area contributed by atoms with E-state index in [9.17, 15) is 18.0 Å². The molecule has 3 rings (SSSR count). The van der Waals surface area contributed by atoms with Gasteiger partial charge < -0.3 is 4.52 Å². The molecule has 0 N–H and O–H groups in total. The Morgan fingerprint density at radius 2 is 1.13 bits per heavy atom. The maximum Gasteiger partial charge on any atom is 0.491 e. The Morgan fingerprint density at radius 1 is 0.733 bits per heavy atom. The van der Waals surface area contributed by atoms with Crippen molar-refractivity contribution in [1.29, 1.82) is 0 Å². The highest BCUT2D eigenvalue weighted by Crippen LogP contribution is 2.43. The minimum atomic E-state index is -4.95. The van der Waals surface area contributed by atoms with Crippen LogP contribution in [-0.4, -0.2) is 18.3 Å². The van der Waals surface area contributed by atoms with Crippen LogP contribution in [-0.2, 0) is 14.7 Å². The normalized spacial score (nSPS) is 12.2. The second-order valence-corrected chi connectivity index (χ2v) is 7.88. The highest BCUT2D eigenvalue weighted by molar-refractivity contribution is 7.32. The van der Waals surface area contributed by atoms with Crippen LogP contribution in [0.4, 0.5) is 13.2 Å². The quantitative estimate of drug-likeness (QED) is 0.232. The van der Waals surface area contributed by atoms with Gasteiger partial charge in [0, 0.05) is 11.6 Å². The van der Waals surface area contributed by atoms with Crippen LogP contribution < -0.4 is 0 Å². The van der Waals surface area contributed by atoms with E-state index in [4.69, 9.17) is 0 Å². The fourth-order valence-corrected chi connectivity index (χ4v) is 4.37. The molecule has 0 aromatic heterocycles. The predicted octanol–water partition coefficient (Wildman–Crippen LogP) is 6.50. The first kappa shape index (κ1) is 22.0. The summed E-state index contributed by atoms with van der Waals surface area (Å²) in [6.45, 7) is 0. The summed E-state index contributed by atoms with van der Waals surface area (Å²) in [5.41, 5.74) is 2.87. The second-order valence-electron chi connectivity index (χ2n) is 6.89. The molecule has 0 saturated carbocycles. The van der Waals surface area contributed by atoms with Crippen molar-refractivity contribution in [2.24, 2.45) is 0 Å². The zero-order valence-electron chi connectivity index (χ0n) is 16.2. The van der Waals surface area contributed by atoms with Gasteiger partial charge in [-0.05, 0) is 29.5 Å². The molecule has 0 aliphatic carbocycles. The summed E-state index contributed by atoms with van der Waals surface area (Å²) in [5.74, 6) is -2.12. The van der Waals surface area contributed by atoms with Gasteiger partial charge in [-0.2, -0.15) is 13.2 Å². The first-order valence-corrected chi connectivity index (χ1v) is 10.7. The van der Waals surface area contributed by atoms with E-state index in [2.05, 4.69) is 40.9 Å². The van der Waals surface area contributed by atoms with Gasteiger partial charge in [-0.3, -0.25) is 0 Å². The zero-order chi connectivity index (χ0) is 21.5. The summed E-state index contributed by atoms with van der Waals surface area (Å²) < 4.78 is 41.4. The van der Waals surface area contributed by atoms with E-state index in [1.54, 1.807) is 0 Å². The van der Waals surface area contributed by atoms with Crippen LogP contribution in [0.1, 0.15) is 29.5 Å². The minimum Gasteiger partial charge on any atom is -0.442 e. The molecule has 0 spiro atoms. The third-order valence-corrected chi connectivity index (χ3v) is 5.91. The summed E-state index contributed by atoms with van der Waals surface area (Å²) in [4.78, 5) is 10.9. The molecule has 3 aromatic carbocycles. The van der Waals surface area contributed by atoms with Crippen LogP contribution in [0.25, 0.3) is 0 Å². The molecule has 3 aromatic rings. The Balaban J connectivity index is 1.89. The van der Waals surface area contributed by atoms with Crippen LogP contribution in [0.15, 0.2) is 91.0 Å². The first-order valence-electron chi connectivity index (χ1n) is 9.62. The van der Waals surface area contributed by atoms with Gasteiger partial charge in [0.25, 0.3) is 0 Å². The Kier molecular flexibility index (Phi) is 7.28.